The van der Waals surface area contributed by atoms with Crippen LogP contribution < -0.4 is 5.73 Å². The molecule has 0 unspecified atom stereocenters. The minimum Gasteiger partial charge on any atom is -0.346 e. The minimum atomic E-state index is -0.802. The summed E-state index contributed by atoms with van der Waals surface area (Å²) in [7, 11) is 0. The number of rotatable bonds is 2. The number of benzene rings is 1. The Bertz CT molecular complexity index is 266. The van der Waals surface area contributed by atoms with Gasteiger partial charge in [0.2, 0.25) is 0 Å². The highest BCUT2D eigenvalue weighted by Crippen LogP contribution is 2.11. The first kappa shape index (κ1) is 12.2. The number of carbonyl (C=O) groups excluding carboxylic acids is 1. The first-order chi connectivity index (χ1) is 5.75. The Labute approximate surface area is 87.4 Å². The maximum Gasteiger partial charge on any atom is 0.345 e. The predicted molar refractivity (Wildman–Crippen MR) is 52.6 cm³/mol. The van der Waals surface area contributed by atoms with Gasteiger partial charge in [-0.2, -0.15) is 0 Å². The molecule has 0 fully saturated rings. The van der Waals surface area contributed by atoms with E-state index in [4.69, 9.17) is 17.6 Å². The van der Waals surface area contributed by atoms with Gasteiger partial charge in [-0.15, -0.1) is 12.4 Å². The fraction of sp³-hybridized carbons (Fsp3) is 0.125. The van der Waals surface area contributed by atoms with Crippen molar-refractivity contribution in [1.29, 1.82) is 0 Å². The quantitative estimate of drug-likeness (QED) is 0.829. The zero-order valence-corrected chi connectivity index (χ0v) is 8.22. The largest absolute Gasteiger partial charge is 0.346 e. The smallest absolute Gasteiger partial charge is 0.345 e. The van der Waals surface area contributed by atoms with E-state index < -0.39 is 12.0 Å². The zero-order chi connectivity index (χ0) is 8.97. The molecule has 5 heteroatoms. The third-order valence-electron chi connectivity index (χ3n) is 1.49. The van der Waals surface area contributed by atoms with E-state index in [1.54, 1.807) is 24.3 Å². The molecule has 1 rings (SSSR count). The third-order valence-corrected chi connectivity index (χ3v) is 1.64. The maximum atomic E-state index is 10.8. The van der Waals surface area contributed by atoms with Gasteiger partial charge in [0.15, 0.2) is 0 Å². The Kier molecular flexibility index (Phi) is 5.46. The average Bonchev–Trinajstić information content (AvgIpc) is 2.17. The standard InChI is InChI=1S/C8H8ClNO2.ClH/c9-12-8(11)7(10)6-4-2-1-3-5-6;/h1-5,7H,10H2;1H/t7-;/m1./s1. The van der Waals surface area contributed by atoms with Crippen LogP contribution in [0.2, 0.25) is 0 Å². The highest BCUT2D eigenvalue weighted by molar-refractivity contribution is 6.13. The highest BCUT2D eigenvalue weighted by atomic mass is 35.5. The molecule has 0 saturated heterocycles. The topological polar surface area (TPSA) is 52.3 Å². The van der Waals surface area contributed by atoms with Crippen molar-refractivity contribution in [2.45, 2.75) is 6.04 Å². The van der Waals surface area contributed by atoms with Gasteiger partial charge >= 0.3 is 5.97 Å². The van der Waals surface area contributed by atoms with E-state index in [2.05, 4.69) is 4.29 Å². The van der Waals surface area contributed by atoms with Crippen molar-refractivity contribution < 1.29 is 9.08 Å². The fourth-order valence-corrected chi connectivity index (χ4v) is 0.940. The molecular formula is C8H9Cl2NO2. The summed E-state index contributed by atoms with van der Waals surface area (Å²) in [5.74, 6) is -0.650. The molecule has 2 N–H and O–H groups in total. The fourth-order valence-electron chi connectivity index (χ4n) is 0.844. The lowest BCUT2D eigenvalue weighted by Gasteiger charge is -2.06. The number of nitrogens with two attached hydrogens (primary N) is 1. The Morgan fingerprint density at radius 3 is 2.38 bits per heavy atom. The SMILES string of the molecule is Cl.N[C@@H](C(=O)OCl)c1ccccc1. The summed E-state index contributed by atoms with van der Waals surface area (Å²) in [6, 6.07) is 8.08. The normalized spacial score (nSPS) is 11.2. The molecule has 0 radical (unpaired) electrons. The third kappa shape index (κ3) is 3.22. The van der Waals surface area contributed by atoms with Crippen LogP contribution in [0.5, 0.6) is 0 Å². The van der Waals surface area contributed by atoms with Gasteiger partial charge in [-0.25, -0.2) is 4.79 Å². The predicted octanol–water partition coefficient (Wildman–Crippen LogP) is 1.81. The second kappa shape index (κ2) is 5.80. The molecule has 0 aromatic heterocycles. The molecule has 0 amide bonds. The number of hydrogen-bond acceptors (Lipinski definition) is 3. The van der Waals surface area contributed by atoms with Gasteiger partial charge in [0.1, 0.15) is 17.9 Å². The van der Waals surface area contributed by atoms with Gasteiger partial charge in [0.25, 0.3) is 0 Å². The van der Waals surface area contributed by atoms with Crippen LogP contribution in [-0.2, 0) is 9.08 Å². The van der Waals surface area contributed by atoms with E-state index in [-0.39, 0.29) is 12.4 Å². The monoisotopic (exact) mass is 221 g/mol. The molecule has 0 spiro atoms. The maximum absolute atomic E-state index is 10.8. The van der Waals surface area contributed by atoms with Crippen LogP contribution in [0.1, 0.15) is 11.6 Å². The van der Waals surface area contributed by atoms with Gasteiger partial charge in [-0.05, 0) is 5.56 Å². The van der Waals surface area contributed by atoms with Gasteiger partial charge in [0.05, 0.1) is 0 Å². The van der Waals surface area contributed by atoms with Gasteiger partial charge in [-0.1, -0.05) is 30.3 Å². The Morgan fingerprint density at radius 2 is 1.92 bits per heavy atom. The van der Waals surface area contributed by atoms with Crippen molar-refractivity contribution >= 4 is 30.2 Å². The minimum absolute atomic E-state index is 0. The van der Waals surface area contributed by atoms with E-state index in [1.807, 2.05) is 6.07 Å². The lowest BCUT2D eigenvalue weighted by Crippen LogP contribution is -2.21. The van der Waals surface area contributed by atoms with E-state index in [1.165, 1.54) is 0 Å². The van der Waals surface area contributed by atoms with E-state index in [9.17, 15) is 4.79 Å². The summed E-state index contributed by atoms with van der Waals surface area (Å²) in [5.41, 5.74) is 6.17. The van der Waals surface area contributed by atoms with Crippen molar-refractivity contribution in [1.82, 2.24) is 0 Å². The Balaban J connectivity index is 0.00000144. The van der Waals surface area contributed by atoms with Gasteiger partial charge < -0.3 is 10.0 Å². The van der Waals surface area contributed by atoms with Crippen molar-refractivity contribution in [3.63, 3.8) is 0 Å². The molecule has 0 aliphatic carbocycles. The zero-order valence-electron chi connectivity index (χ0n) is 6.64. The van der Waals surface area contributed by atoms with Crippen molar-refractivity contribution in [3.05, 3.63) is 35.9 Å². The molecular weight excluding hydrogens is 213 g/mol. The molecule has 0 aliphatic rings. The second-order valence-electron chi connectivity index (χ2n) is 2.28. The molecule has 0 bridgehead atoms. The first-order valence-corrected chi connectivity index (χ1v) is 3.69. The number of carbonyl (C=O) groups is 1. The molecule has 1 aromatic carbocycles. The Hall–Kier alpha value is -0.770. The van der Waals surface area contributed by atoms with Gasteiger partial charge in [-0.3, -0.25) is 0 Å². The summed E-state index contributed by atoms with van der Waals surface area (Å²) in [4.78, 5) is 10.8. The molecule has 1 aromatic rings. The Morgan fingerprint density at radius 1 is 1.38 bits per heavy atom. The number of halogens is 2. The molecule has 0 aliphatic heterocycles. The number of hydrogen-bond donors (Lipinski definition) is 1. The summed E-state index contributed by atoms with van der Waals surface area (Å²) < 4.78 is 3.97. The molecule has 0 heterocycles. The van der Waals surface area contributed by atoms with Crippen LogP contribution in [0.3, 0.4) is 0 Å². The highest BCUT2D eigenvalue weighted by Gasteiger charge is 2.16. The van der Waals surface area contributed by atoms with E-state index in [0.29, 0.717) is 5.56 Å². The lowest BCUT2D eigenvalue weighted by molar-refractivity contribution is -0.135. The van der Waals surface area contributed by atoms with Crippen LogP contribution >= 0.6 is 24.3 Å². The van der Waals surface area contributed by atoms with Crippen LogP contribution in [0.15, 0.2) is 30.3 Å². The van der Waals surface area contributed by atoms with E-state index >= 15 is 0 Å². The second-order valence-corrected chi connectivity index (χ2v) is 2.44. The van der Waals surface area contributed by atoms with Gasteiger partial charge in [0, 0.05) is 0 Å². The van der Waals surface area contributed by atoms with Crippen LogP contribution in [0.4, 0.5) is 0 Å². The first-order valence-electron chi connectivity index (χ1n) is 3.38. The summed E-state index contributed by atoms with van der Waals surface area (Å²) >= 11 is 4.87. The molecule has 72 valence electrons. The molecule has 1 atom stereocenters. The van der Waals surface area contributed by atoms with Crippen molar-refractivity contribution in [3.8, 4) is 0 Å². The summed E-state index contributed by atoms with van der Waals surface area (Å²) in [5, 5.41) is 0. The molecule has 0 saturated carbocycles. The molecule has 3 nitrogen and oxygen atoms in total. The lowest BCUT2D eigenvalue weighted by atomic mass is 10.1. The summed E-state index contributed by atoms with van der Waals surface area (Å²) in [6.07, 6.45) is 0. The van der Waals surface area contributed by atoms with Crippen LogP contribution in [0.25, 0.3) is 0 Å². The van der Waals surface area contributed by atoms with Crippen LogP contribution in [0, 0.1) is 0 Å². The molecule has 13 heavy (non-hydrogen) atoms. The van der Waals surface area contributed by atoms with Crippen LogP contribution in [-0.4, -0.2) is 5.97 Å². The van der Waals surface area contributed by atoms with Crippen molar-refractivity contribution in [2.75, 3.05) is 0 Å². The van der Waals surface area contributed by atoms with E-state index in [0.717, 1.165) is 0 Å². The summed E-state index contributed by atoms with van der Waals surface area (Å²) in [6.45, 7) is 0. The van der Waals surface area contributed by atoms with Crippen molar-refractivity contribution in [2.24, 2.45) is 5.73 Å². The average molecular weight is 222 g/mol.